The Kier molecular flexibility index (Phi) is 1.39. The molecule has 0 saturated heterocycles. The molecule has 10 heavy (non-hydrogen) atoms. The van der Waals surface area contributed by atoms with Crippen molar-refractivity contribution in [1.82, 2.24) is 0 Å². The van der Waals surface area contributed by atoms with E-state index in [2.05, 4.69) is 0 Å². The molecule has 1 fully saturated rings. The molecule has 1 saturated carbocycles. The molecule has 3 nitrogen and oxygen atoms in total. The second-order valence-corrected chi connectivity index (χ2v) is 2.49. The van der Waals surface area contributed by atoms with Crippen LogP contribution >= 0.6 is 0 Å². The summed E-state index contributed by atoms with van der Waals surface area (Å²) in [4.78, 5) is 10.1. The van der Waals surface area contributed by atoms with E-state index in [-0.39, 0.29) is 6.42 Å². The molecule has 1 aliphatic carbocycles. The van der Waals surface area contributed by atoms with Crippen molar-refractivity contribution < 1.29 is 18.7 Å². The zero-order chi connectivity index (χ0) is 7.94. The van der Waals surface area contributed by atoms with Crippen molar-refractivity contribution in [2.45, 2.75) is 18.4 Å². The van der Waals surface area contributed by atoms with Gasteiger partial charge in [-0.3, -0.25) is 4.79 Å². The Labute approximate surface area is 55.8 Å². The molecule has 0 unspecified atom stereocenters. The Balaban J connectivity index is 2.56. The van der Waals surface area contributed by atoms with Crippen molar-refractivity contribution in [1.29, 1.82) is 0 Å². The number of carboxylic acids is 1. The molecule has 0 aliphatic heterocycles. The van der Waals surface area contributed by atoms with Gasteiger partial charge in [0.2, 0.25) is 6.43 Å². The number of hydrogen-bond acceptors (Lipinski definition) is 2. The van der Waals surface area contributed by atoms with Crippen LogP contribution in [-0.2, 0) is 4.79 Å². The highest BCUT2D eigenvalue weighted by Gasteiger charge is 2.62. The smallest absolute Gasteiger partial charge is 0.324 e. The first kappa shape index (κ1) is 7.40. The Morgan fingerprint density at radius 2 is 2.30 bits per heavy atom. The number of rotatable bonds is 2. The van der Waals surface area contributed by atoms with Crippen molar-refractivity contribution in [2.75, 3.05) is 0 Å². The molecular formula is C5H7F2NO2. The maximum atomic E-state index is 11.7. The van der Waals surface area contributed by atoms with Crippen molar-refractivity contribution in [3.8, 4) is 0 Å². The highest BCUT2D eigenvalue weighted by atomic mass is 19.3. The van der Waals surface area contributed by atoms with Crippen LogP contribution in [0.15, 0.2) is 0 Å². The van der Waals surface area contributed by atoms with Gasteiger partial charge in [0.15, 0.2) is 0 Å². The zero-order valence-corrected chi connectivity index (χ0v) is 5.05. The van der Waals surface area contributed by atoms with E-state index in [9.17, 15) is 13.6 Å². The molecule has 0 aromatic heterocycles. The largest absolute Gasteiger partial charge is 0.480 e. The van der Waals surface area contributed by atoms with Crippen LogP contribution in [0.25, 0.3) is 0 Å². The van der Waals surface area contributed by atoms with Crippen molar-refractivity contribution in [3.63, 3.8) is 0 Å². The monoisotopic (exact) mass is 151 g/mol. The van der Waals surface area contributed by atoms with Gasteiger partial charge in [-0.1, -0.05) is 0 Å². The summed E-state index contributed by atoms with van der Waals surface area (Å²) in [6, 6.07) is 0. The molecule has 3 N–H and O–H groups in total. The van der Waals surface area contributed by atoms with Crippen molar-refractivity contribution in [2.24, 2.45) is 11.7 Å². The normalized spacial score (nSPS) is 38.2. The van der Waals surface area contributed by atoms with Gasteiger partial charge < -0.3 is 10.8 Å². The summed E-state index contributed by atoms with van der Waals surface area (Å²) in [5.41, 5.74) is 3.41. The lowest BCUT2D eigenvalue weighted by molar-refractivity contribution is -0.140. The second-order valence-electron chi connectivity index (χ2n) is 2.49. The molecule has 1 rings (SSSR count). The van der Waals surface area contributed by atoms with Gasteiger partial charge >= 0.3 is 5.97 Å². The predicted octanol–water partition coefficient (Wildman–Crippen LogP) is 0.0535. The fraction of sp³-hybridized carbons (Fsp3) is 0.800. The third-order valence-electron chi connectivity index (χ3n) is 1.76. The molecule has 0 bridgehead atoms. The standard InChI is InChI=1S/C5H7F2NO2/c6-3(7)2-1-5(2,8)4(9)10/h2-3H,1,8H2,(H,9,10)/t2-,5-/m0/s1. The van der Waals surface area contributed by atoms with E-state index in [1.165, 1.54) is 0 Å². The maximum Gasteiger partial charge on any atom is 0.324 e. The van der Waals surface area contributed by atoms with Crippen LogP contribution in [-0.4, -0.2) is 23.0 Å². The molecule has 0 aromatic carbocycles. The lowest BCUT2D eigenvalue weighted by atomic mass is 10.2. The summed E-state index contributed by atoms with van der Waals surface area (Å²) >= 11 is 0. The Hall–Kier alpha value is -0.710. The van der Waals surface area contributed by atoms with E-state index in [0.717, 1.165) is 0 Å². The van der Waals surface area contributed by atoms with E-state index < -0.39 is 23.9 Å². The first-order chi connectivity index (χ1) is 4.48. The quantitative estimate of drug-likeness (QED) is 0.586. The van der Waals surface area contributed by atoms with Crippen LogP contribution in [0.3, 0.4) is 0 Å². The number of carbonyl (C=O) groups is 1. The third kappa shape index (κ3) is 0.862. The molecular weight excluding hydrogens is 144 g/mol. The summed E-state index contributed by atoms with van der Waals surface area (Å²) in [6.45, 7) is 0. The van der Waals surface area contributed by atoms with Gasteiger partial charge in [-0.15, -0.1) is 0 Å². The van der Waals surface area contributed by atoms with Crippen LogP contribution in [0.5, 0.6) is 0 Å². The second kappa shape index (κ2) is 1.88. The minimum Gasteiger partial charge on any atom is -0.480 e. The van der Waals surface area contributed by atoms with Gasteiger partial charge in [-0.05, 0) is 6.42 Å². The lowest BCUT2D eigenvalue weighted by Gasteiger charge is -2.02. The number of nitrogens with two attached hydrogens (primary N) is 1. The van der Waals surface area contributed by atoms with E-state index >= 15 is 0 Å². The number of aliphatic carboxylic acids is 1. The summed E-state index contributed by atoms with van der Waals surface area (Å²) in [6.07, 6.45) is -2.72. The summed E-state index contributed by atoms with van der Waals surface area (Å²) in [5, 5.41) is 8.27. The van der Waals surface area contributed by atoms with E-state index in [0.29, 0.717) is 0 Å². The summed E-state index contributed by atoms with van der Waals surface area (Å²) < 4.78 is 23.5. The van der Waals surface area contributed by atoms with Crippen LogP contribution in [0.4, 0.5) is 8.78 Å². The van der Waals surface area contributed by atoms with E-state index in [4.69, 9.17) is 10.8 Å². The van der Waals surface area contributed by atoms with Crippen molar-refractivity contribution >= 4 is 5.97 Å². The van der Waals surface area contributed by atoms with Crippen LogP contribution in [0.1, 0.15) is 6.42 Å². The fourth-order valence-electron chi connectivity index (χ4n) is 0.865. The van der Waals surface area contributed by atoms with Gasteiger partial charge in [0.25, 0.3) is 0 Å². The average molecular weight is 151 g/mol. The molecule has 5 heteroatoms. The van der Waals surface area contributed by atoms with Crippen LogP contribution in [0, 0.1) is 5.92 Å². The summed E-state index contributed by atoms with van der Waals surface area (Å²) in [5.74, 6) is -2.48. The molecule has 0 aromatic rings. The molecule has 0 spiro atoms. The number of alkyl halides is 2. The van der Waals surface area contributed by atoms with Gasteiger partial charge in [0, 0.05) is 0 Å². The lowest BCUT2D eigenvalue weighted by Crippen LogP contribution is -2.36. The van der Waals surface area contributed by atoms with E-state index in [1.807, 2.05) is 0 Å². The van der Waals surface area contributed by atoms with E-state index in [1.54, 1.807) is 0 Å². The maximum absolute atomic E-state index is 11.7. The van der Waals surface area contributed by atoms with Gasteiger partial charge in [-0.25, -0.2) is 8.78 Å². The van der Waals surface area contributed by atoms with Crippen LogP contribution < -0.4 is 5.73 Å². The Morgan fingerprint density at radius 1 is 1.80 bits per heavy atom. The minimum atomic E-state index is -2.61. The molecule has 58 valence electrons. The molecule has 0 amide bonds. The highest BCUT2D eigenvalue weighted by Crippen LogP contribution is 2.45. The average Bonchev–Trinajstić information content (AvgIpc) is 2.43. The SMILES string of the molecule is N[C@@]1(C(=O)O)C[C@H]1C(F)F. The van der Waals surface area contributed by atoms with Crippen LogP contribution in [0.2, 0.25) is 0 Å². The molecule has 0 heterocycles. The third-order valence-corrected chi connectivity index (χ3v) is 1.76. The minimum absolute atomic E-state index is 0.111. The number of halogens is 2. The zero-order valence-electron chi connectivity index (χ0n) is 5.05. The van der Waals surface area contributed by atoms with Gasteiger partial charge in [0.1, 0.15) is 5.54 Å². The molecule has 1 aliphatic rings. The summed E-state index contributed by atoms with van der Waals surface area (Å²) in [7, 11) is 0. The Morgan fingerprint density at radius 3 is 2.40 bits per heavy atom. The van der Waals surface area contributed by atoms with Crippen molar-refractivity contribution in [3.05, 3.63) is 0 Å². The first-order valence-electron chi connectivity index (χ1n) is 2.79. The molecule has 0 radical (unpaired) electrons. The number of hydrogen-bond donors (Lipinski definition) is 2. The number of carboxylic acid groups (broad SMARTS) is 1. The Bertz CT molecular complexity index is 173. The van der Waals surface area contributed by atoms with Gasteiger partial charge in [0.05, 0.1) is 5.92 Å². The highest BCUT2D eigenvalue weighted by molar-refractivity contribution is 5.82. The molecule has 2 atom stereocenters. The predicted molar refractivity (Wildman–Crippen MR) is 28.7 cm³/mol. The first-order valence-corrected chi connectivity index (χ1v) is 2.79. The fourth-order valence-corrected chi connectivity index (χ4v) is 0.865. The topological polar surface area (TPSA) is 63.3 Å². The van der Waals surface area contributed by atoms with Gasteiger partial charge in [-0.2, -0.15) is 0 Å².